The first-order valence-electron chi connectivity index (χ1n) is 9.80. The number of hydrogen-bond acceptors (Lipinski definition) is 5. The molecule has 3 aromatic heterocycles. The number of rotatable bonds is 3. The van der Waals surface area contributed by atoms with E-state index < -0.39 is 11.7 Å². The van der Waals surface area contributed by atoms with Crippen molar-refractivity contribution in [3.63, 3.8) is 0 Å². The summed E-state index contributed by atoms with van der Waals surface area (Å²) in [6.45, 7) is 0.336. The quantitative estimate of drug-likeness (QED) is 0.460. The maximum absolute atomic E-state index is 13.7. The van der Waals surface area contributed by atoms with Gasteiger partial charge in [-0.25, -0.2) is 9.67 Å². The van der Waals surface area contributed by atoms with Gasteiger partial charge in [0.2, 0.25) is 0 Å². The van der Waals surface area contributed by atoms with E-state index in [0.717, 1.165) is 23.0 Å². The van der Waals surface area contributed by atoms with Crippen molar-refractivity contribution >= 4 is 11.5 Å². The molecule has 0 unspecified atom stereocenters. The van der Waals surface area contributed by atoms with E-state index >= 15 is 0 Å². The molecule has 6 nitrogen and oxygen atoms in total. The number of nitriles is 1. The molecule has 1 aliphatic rings. The van der Waals surface area contributed by atoms with Crippen molar-refractivity contribution in [3.05, 3.63) is 83.8 Å². The van der Waals surface area contributed by atoms with E-state index in [2.05, 4.69) is 15.1 Å². The zero-order valence-corrected chi connectivity index (χ0v) is 16.6. The largest absolute Gasteiger partial charge is 0.418 e. The molecular weight excluding hydrogens is 417 g/mol. The molecule has 0 saturated heterocycles. The molecule has 0 saturated carbocycles. The van der Waals surface area contributed by atoms with E-state index in [1.165, 1.54) is 12.1 Å². The van der Waals surface area contributed by atoms with Crippen LogP contribution in [0.2, 0.25) is 0 Å². The summed E-state index contributed by atoms with van der Waals surface area (Å²) in [5, 5.41) is 13.6. The molecule has 0 radical (unpaired) electrons. The fraction of sp³-hybridized carbons (Fsp3) is 0.130. The van der Waals surface area contributed by atoms with Gasteiger partial charge in [0.25, 0.3) is 0 Å². The molecule has 0 amide bonds. The molecule has 1 aromatic carbocycles. The minimum absolute atomic E-state index is 0.0189. The number of alkyl halides is 3. The third kappa shape index (κ3) is 3.36. The Balaban J connectivity index is 1.57. The van der Waals surface area contributed by atoms with Gasteiger partial charge >= 0.3 is 6.18 Å². The first-order chi connectivity index (χ1) is 15.5. The lowest BCUT2D eigenvalue weighted by atomic mass is 10.1. The lowest BCUT2D eigenvalue weighted by Gasteiger charge is -2.23. The number of nitrogens with zero attached hydrogens (tertiary/aromatic N) is 6. The van der Waals surface area contributed by atoms with E-state index in [9.17, 15) is 13.2 Å². The zero-order valence-electron chi connectivity index (χ0n) is 16.6. The van der Waals surface area contributed by atoms with Crippen LogP contribution >= 0.6 is 0 Å². The summed E-state index contributed by atoms with van der Waals surface area (Å²) in [5.74, 6) is 0.451. The van der Waals surface area contributed by atoms with Gasteiger partial charge in [-0.05, 0) is 48.9 Å². The van der Waals surface area contributed by atoms with Gasteiger partial charge in [0.1, 0.15) is 11.5 Å². The van der Waals surface area contributed by atoms with Crippen molar-refractivity contribution in [3.8, 4) is 23.1 Å². The molecule has 0 N–H and O–H groups in total. The Kier molecular flexibility index (Phi) is 4.63. The van der Waals surface area contributed by atoms with E-state index in [-0.39, 0.29) is 11.3 Å². The van der Waals surface area contributed by atoms with Crippen molar-refractivity contribution in [1.29, 1.82) is 5.26 Å². The average Bonchev–Trinajstić information content (AvgIpc) is 3.46. The SMILES string of the molecule is N#Cc1ccc(N2CCc3c(-n4ccc(-c5ccccn5)n4)ccnc32)c(C(F)(F)F)c1. The van der Waals surface area contributed by atoms with Crippen molar-refractivity contribution in [1.82, 2.24) is 19.7 Å². The van der Waals surface area contributed by atoms with Gasteiger partial charge in [0.05, 0.1) is 34.3 Å². The van der Waals surface area contributed by atoms with Crippen LogP contribution in [0.15, 0.2) is 67.1 Å². The Morgan fingerprint density at radius 3 is 2.56 bits per heavy atom. The molecule has 4 aromatic rings. The zero-order chi connectivity index (χ0) is 22.3. The summed E-state index contributed by atoms with van der Waals surface area (Å²) >= 11 is 0. The highest BCUT2D eigenvalue weighted by molar-refractivity contribution is 5.73. The predicted octanol–water partition coefficient (Wildman–Crippen LogP) is 4.91. The average molecular weight is 432 g/mol. The standard InChI is InChI=1S/C23H15F3N6/c24-23(25,26)17-13-15(14-27)4-5-21(17)31-11-7-16-20(6-10-29-22(16)31)32-12-8-19(30-32)18-3-1-2-9-28-18/h1-6,8-10,12-13H,7,11H2. The van der Waals surface area contributed by atoms with Crippen LogP contribution in [0.5, 0.6) is 0 Å². The number of aromatic nitrogens is 4. The van der Waals surface area contributed by atoms with Crippen LogP contribution < -0.4 is 4.90 Å². The fourth-order valence-electron chi connectivity index (χ4n) is 3.90. The molecule has 0 bridgehead atoms. The van der Waals surface area contributed by atoms with Crippen LogP contribution in [-0.4, -0.2) is 26.3 Å². The monoisotopic (exact) mass is 432 g/mol. The van der Waals surface area contributed by atoms with Gasteiger partial charge in [0, 0.05) is 30.7 Å². The lowest BCUT2D eigenvalue weighted by molar-refractivity contribution is -0.137. The molecular formula is C23H15F3N6. The summed E-state index contributed by atoms with van der Waals surface area (Å²) in [4.78, 5) is 10.2. The third-order valence-electron chi connectivity index (χ3n) is 5.33. The van der Waals surface area contributed by atoms with Crippen LogP contribution in [0.25, 0.3) is 17.1 Å². The topological polar surface area (TPSA) is 70.6 Å². The molecule has 4 heterocycles. The number of halogens is 3. The van der Waals surface area contributed by atoms with Gasteiger partial charge in [0.15, 0.2) is 0 Å². The Morgan fingerprint density at radius 1 is 0.938 bits per heavy atom. The summed E-state index contributed by atoms with van der Waals surface area (Å²) in [6.07, 6.45) is 0.958. The first-order valence-corrected chi connectivity index (χ1v) is 9.80. The number of benzene rings is 1. The van der Waals surface area contributed by atoms with E-state index in [4.69, 9.17) is 5.26 Å². The minimum Gasteiger partial charge on any atom is -0.325 e. The Labute approximate surface area is 181 Å². The fourth-order valence-corrected chi connectivity index (χ4v) is 3.90. The highest BCUT2D eigenvalue weighted by Gasteiger charge is 2.37. The molecule has 0 spiro atoms. The lowest BCUT2D eigenvalue weighted by Crippen LogP contribution is -2.19. The number of anilines is 2. The normalized spacial score (nSPS) is 13.1. The highest BCUT2D eigenvalue weighted by Crippen LogP contribution is 2.43. The molecule has 5 rings (SSSR count). The number of pyridine rings is 2. The molecule has 0 aliphatic carbocycles. The Bertz CT molecular complexity index is 1340. The second-order valence-corrected chi connectivity index (χ2v) is 7.24. The third-order valence-corrected chi connectivity index (χ3v) is 5.33. The molecule has 9 heteroatoms. The molecule has 158 valence electrons. The number of fused-ring (bicyclic) bond motifs is 1. The summed E-state index contributed by atoms with van der Waals surface area (Å²) in [5.41, 5.74) is 2.06. The van der Waals surface area contributed by atoms with Crippen LogP contribution in [0.1, 0.15) is 16.7 Å². The summed E-state index contributed by atoms with van der Waals surface area (Å²) < 4.78 is 42.9. The van der Waals surface area contributed by atoms with Gasteiger partial charge in [-0.15, -0.1) is 0 Å². The maximum Gasteiger partial charge on any atom is 0.418 e. The molecule has 0 fully saturated rings. The van der Waals surface area contributed by atoms with Crippen molar-refractivity contribution in [2.75, 3.05) is 11.4 Å². The predicted molar refractivity (Wildman–Crippen MR) is 111 cm³/mol. The van der Waals surface area contributed by atoms with Gasteiger partial charge in [-0.1, -0.05) is 6.07 Å². The highest BCUT2D eigenvalue weighted by atomic mass is 19.4. The molecule has 1 aliphatic heterocycles. The van der Waals surface area contributed by atoms with E-state index in [0.29, 0.717) is 24.5 Å². The Hall–Kier alpha value is -4.19. The number of hydrogen-bond donors (Lipinski definition) is 0. The molecule has 32 heavy (non-hydrogen) atoms. The summed E-state index contributed by atoms with van der Waals surface area (Å²) in [7, 11) is 0. The summed E-state index contributed by atoms with van der Waals surface area (Å²) in [6, 6.07) is 14.6. The van der Waals surface area contributed by atoms with Crippen LogP contribution in [-0.2, 0) is 12.6 Å². The Morgan fingerprint density at radius 2 is 1.81 bits per heavy atom. The molecule has 0 atom stereocenters. The smallest absolute Gasteiger partial charge is 0.325 e. The second kappa shape index (κ2) is 7.50. The van der Waals surface area contributed by atoms with Crippen LogP contribution in [0, 0.1) is 11.3 Å². The van der Waals surface area contributed by atoms with Crippen LogP contribution in [0.3, 0.4) is 0 Å². The van der Waals surface area contributed by atoms with E-state index in [1.807, 2.05) is 24.3 Å². The van der Waals surface area contributed by atoms with E-state index in [1.54, 1.807) is 40.3 Å². The van der Waals surface area contributed by atoms with Crippen molar-refractivity contribution in [2.24, 2.45) is 0 Å². The van der Waals surface area contributed by atoms with Crippen LogP contribution in [0.4, 0.5) is 24.7 Å². The van der Waals surface area contributed by atoms with Gasteiger partial charge < -0.3 is 4.90 Å². The maximum atomic E-state index is 13.7. The van der Waals surface area contributed by atoms with Crippen molar-refractivity contribution in [2.45, 2.75) is 12.6 Å². The van der Waals surface area contributed by atoms with Gasteiger partial charge in [-0.3, -0.25) is 4.98 Å². The first kappa shape index (κ1) is 19.8. The second-order valence-electron chi connectivity index (χ2n) is 7.24. The van der Waals surface area contributed by atoms with Crippen molar-refractivity contribution < 1.29 is 13.2 Å². The van der Waals surface area contributed by atoms with Gasteiger partial charge in [-0.2, -0.15) is 23.5 Å². The minimum atomic E-state index is -4.60.